The molecule has 8 nitrogen and oxygen atoms in total. The van der Waals surface area contributed by atoms with Crippen LogP contribution in [0.15, 0.2) is 72.9 Å². The first kappa shape index (κ1) is 28.5. The van der Waals surface area contributed by atoms with Gasteiger partial charge in [0.2, 0.25) is 11.8 Å². The first-order valence-electron chi connectivity index (χ1n) is 12.2. The number of aromatic nitrogens is 1. The fourth-order valence-corrected chi connectivity index (χ4v) is 4.18. The standard InChI is InChI=1S/C29H32N4O4S/c1-20(31-24(34)16-15-21-10-6-5-7-11-21)33(27(36)29(2,3)18-17-25(35)37-4)28(38)32-23-14-8-12-22-13-9-19-30-26(22)23/h5-16,19-20H,17-18H2,1-4H3,(H,31,34)(H,32,38)/b16-15+. The average molecular weight is 533 g/mol. The van der Waals surface area contributed by atoms with Crippen LogP contribution in [0.2, 0.25) is 0 Å². The van der Waals surface area contributed by atoms with Crippen LogP contribution in [0.1, 0.15) is 39.2 Å². The van der Waals surface area contributed by atoms with Crippen LogP contribution in [0.4, 0.5) is 5.69 Å². The average Bonchev–Trinajstić information content (AvgIpc) is 2.91. The molecule has 1 atom stereocenters. The number of carbonyl (C=O) groups is 3. The molecule has 0 aliphatic carbocycles. The van der Waals surface area contributed by atoms with Gasteiger partial charge in [0, 0.05) is 29.5 Å². The highest BCUT2D eigenvalue weighted by Crippen LogP contribution is 2.28. The summed E-state index contributed by atoms with van der Waals surface area (Å²) in [5.41, 5.74) is 1.21. The summed E-state index contributed by atoms with van der Waals surface area (Å²) in [5, 5.41) is 6.97. The van der Waals surface area contributed by atoms with Crippen molar-refractivity contribution in [3.63, 3.8) is 0 Å². The van der Waals surface area contributed by atoms with Gasteiger partial charge in [0.25, 0.3) is 0 Å². The fraction of sp³-hybridized carbons (Fsp3) is 0.276. The first-order chi connectivity index (χ1) is 18.1. The van der Waals surface area contributed by atoms with E-state index in [1.165, 1.54) is 18.1 Å². The molecule has 0 aliphatic rings. The number of benzene rings is 2. The number of hydrogen-bond acceptors (Lipinski definition) is 6. The number of para-hydroxylation sites is 1. The van der Waals surface area contributed by atoms with E-state index in [1.54, 1.807) is 33.0 Å². The summed E-state index contributed by atoms with van der Waals surface area (Å²) in [4.78, 5) is 44.1. The maximum absolute atomic E-state index is 13.8. The lowest BCUT2D eigenvalue weighted by Crippen LogP contribution is -2.56. The molecule has 3 rings (SSSR count). The highest BCUT2D eigenvalue weighted by Gasteiger charge is 2.37. The molecule has 0 spiro atoms. The Morgan fingerprint density at radius 2 is 1.79 bits per heavy atom. The highest BCUT2D eigenvalue weighted by atomic mass is 32.1. The van der Waals surface area contributed by atoms with Crippen LogP contribution < -0.4 is 10.6 Å². The largest absolute Gasteiger partial charge is 0.469 e. The fourth-order valence-electron chi connectivity index (χ4n) is 3.83. The molecule has 0 aliphatic heterocycles. The predicted molar refractivity (Wildman–Crippen MR) is 153 cm³/mol. The number of fused-ring (bicyclic) bond motifs is 1. The van der Waals surface area contributed by atoms with E-state index in [9.17, 15) is 14.4 Å². The second-order valence-corrected chi connectivity index (χ2v) is 9.76. The van der Waals surface area contributed by atoms with Gasteiger partial charge in [-0.3, -0.25) is 24.3 Å². The summed E-state index contributed by atoms with van der Waals surface area (Å²) in [5.74, 6) is -1.15. The summed E-state index contributed by atoms with van der Waals surface area (Å²) >= 11 is 5.70. The van der Waals surface area contributed by atoms with E-state index in [-0.39, 0.29) is 29.8 Å². The number of hydrogen-bond donors (Lipinski definition) is 2. The molecule has 2 aromatic carbocycles. The molecular weight excluding hydrogens is 500 g/mol. The van der Waals surface area contributed by atoms with Crippen molar-refractivity contribution in [2.45, 2.75) is 39.8 Å². The molecule has 1 heterocycles. The van der Waals surface area contributed by atoms with Gasteiger partial charge in [0.05, 0.1) is 18.3 Å². The minimum absolute atomic E-state index is 0.0665. The van der Waals surface area contributed by atoms with E-state index in [4.69, 9.17) is 17.0 Å². The lowest BCUT2D eigenvalue weighted by atomic mass is 9.86. The van der Waals surface area contributed by atoms with E-state index in [2.05, 4.69) is 15.6 Å². The molecule has 0 bridgehead atoms. The van der Waals surface area contributed by atoms with Gasteiger partial charge in [-0.2, -0.15) is 0 Å². The Morgan fingerprint density at radius 3 is 2.50 bits per heavy atom. The number of nitrogens with zero attached hydrogens (tertiary/aromatic N) is 2. The number of pyridine rings is 1. The molecule has 38 heavy (non-hydrogen) atoms. The first-order valence-corrected chi connectivity index (χ1v) is 12.6. The normalized spacial score (nSPS) is 12.1. The van der Waals surface area contributed by atoms with Gasteiger partial charge >= 0.3 is 5.97 Å². The number of amides is 2. The minimum Gasteiger partial charge on any atom is -0.469 e. The van der Waals surface area contributed by atoms with E-state index in [1.807, 2.05) is 60.7 Å². The van der Waals surface area contributed by atoms with Crippen molar-refractivity contribution in [2.75, 3.05) is 12.4 Å². The van der Waals surface area contributed by atoms with Crippen LogP contribution in [-0.2, 0) is 19.1 Å². The lowest BCUT2D eigenvalue weighted by molar-refractivity contribution is -0.143. The van der Waals surface area contributed by atoms with E-state index >= 15 is 0 Å². The number of nitrogens with one attached hydrogen (secondary N) is 2. The second-order valence-electron chi connectivity index (χ2n) is 9.37. The summed E-state index contributed by atoms with van der Waals surface area (Å²) < 4.78 is 4.74. The van der Waals surface area contributed by atoms with Gasteiger partial charge in [-0.05, 0) is 49.3 Å². The second kappa shape index (κ2) is 12.9. The zero-order chi connectivity index (χ0) is 27.7. The van der Waals surface area contributed by atoms with E-state index in [0.717, 1.165) is 10.9 Å². The number of thiocarbonyl (C=S) groups is 1. The Kier molecular flexibility index (Phi) is 9.67. The van der Waals surface area contributed by atoms with E-state index < -0.39 is 17.6 Å². The summed E-state index contributed by atoms with van der Waals surface area (Å²) in [6.45, 7) is 5.15. The Balaban J connectivity index is 1.86. The SMILES string of the molecule is COC(=O)CCC(C)(C)C(=O)N(C(=S)Nc1cccc2cccnc12)C(C)NC(=O)/C=C/c1ccccc1. The quantitative estimate of drug-likeness (QED) is 0.175. The Labute approximate surface area is 228 Å². The Morgan fingerprint density at radius 1 is 1.08 bits per heavy atom. The summed E-state index contributed by atoms with van der Waals surface area (Å²) in [7, 11) is 1.31. The van der Waals surface area contributed by atoms with Crippen LogP contribution >= 0.6 is 12.2 Å². The topological polar surface area (TPSA) is 101 Å². The molecule has 0 saturated heterocycles. The zero-order valence-electron chi connectivity index (χ0n) is 21.9. The Bertz CT molecular complexity index is 1340. The summed E-state index contributed by atoms with van der Waals surface area (Å²) in [6.07, 6.45) is 4.28. The van der Waals surface area contributed by atoms with Crippen molar-refractivity contribution in [1.82, 2.24) is 15.2 Å². The molecule has 198 valence electrons. The zero-order valence-corrected chi connectivity index (χ0v) is 22.7. The van der Waals surface area contributed by atoms with Crippen LogP contribution in [-0.4, -0.2) is 46.1 Å². The third-order valence-corrected chi connectivity index (χ3v) is 6.34. The highest BCUT2D eigenvalue weighted by molar-refractivity contribution is 7.80. The lowest BCUT2D eigenvalue weighted by Gasteiger charge is -2.36. The smallest absolute Gasteiger partial charge is 0.305 e. The predicted octanol–water partition coefficient (Wildman–Crippen LogP) is 4.92. The molecule has 2 amide bonds. The number of rotatable bonds is 9. The van der Waals surface area contributed by atoms with Crippen molar-refractivity contribution in [2.24, 2.45) is 5.41 Å². The molecule has 2 N–H and O–H groups in total. The molecule has 0 fully saturated rings. The number of methoxy groups -OCH3 is 1. The van der Waals surface area contributed by atoms with Crippen LogP contribution in [0.3, 0.4) is 0 Å². The van der Waals surface area contributed by atoms with Crippen molar-refractivity contribution in [3.05, 3.63) is 78.5 Å². The number of esters is 1. The molecule has 9 heteroatoms. The van der Waals surface area contributed by atoms with E-state index in [0.29, 0.717) is 11.2 Å². The maximum Gasteiger partial charge on any atom is 0.305 e. The van der Waals surface area contributed by atoms with Crippen molar-refractivity contribution in [1.29, 1.82) is 0 Å². The van der Waals surface area contributed by atoms with Crippen LogP contribution in [0, 0.1) is 5.41 Å². The maximum atomic E-state index is 13.8. The number of carbonyl (C=O) groups excluding carboxylic acids is 3. The van der Waals surface area contributed by atoms with Crippen molar-refractivity contribution < 1.29 is 19.1 Å². The van der Waals surface area contributed by atoms with Gasteiger partial charge in [-0.15, -0.1) is 0 Å². The van der Waals surface area contributed by atoms with Gasteiger partial charge in [0.15, 0.2) is 5.11 Å². The number of anilines is 1. The molecule has 0 radical (unpaired) electrons. The number of ether oxygens (including phenoxy) is 1. The van der Waals surface area contributed by atoms with Crippen LogP contribution in [0.5, 0.6) is 0 Å². The molecule has 3 aromatic rings. The van der Waals surface area contributed by atoms with Crippen LogP contribution in [0.25, 0.3) is 17.0 Å². The molecular formula is C29H32N4O4S. The monoisotopic (exact) mass is 532 g/mol. The van der Waals surface area contributed by atoms with Crippen molar-refractivity contribution in [3.8, 4) is 0 Å². The third kappa shape index (κ3) is 7.45. The third-order valence-electron chi connectivity index (χ3n) is 6.04. The van der Waals surface area contributed by atoms with Gasteiger partial charge in [0.1, 0.15) is 6.17 Å². The van der Waals surface area contributed by atoms with Crippen molar-refractivity contribution >= 4 is 57.8 Å². The summed E-state index contributed by atoms with van der Waals surface area (Å²) in [6, 6.07) is 18.8. The molecule has 0 saturated carbocycles. The van der Waals surface area contributed by atoms with Gasteiger partial charge in [-0.1, -0.05) is 62.4 Å². The Hall–Kier alpha value is -4.11. The van der Waals surface area contributed by atoms with Gasteiger partial charge < -0.3 is 15.4 Å². The molecule has 1 aromatic heterocycles. The van der Waals surface area contributed by atoms with Gasteiger partial charge in [-0.25, -0.2) is 0 Å². The molecule has 1 unspecified atom stereocenters. The minimum atomic E-state index is -0.976.